The summed E-state index contributed by atoms with van der Waals surface area (Å²) in [4.78, 5) is 2.34. The third-order valence-electron chi connectivity index (χ3n) is 15.4. The van der Waals surface area contributed by atoms with Gasteiger partial charge in [-0.3, -0.25) is 0 Å². The van der Waals surface area contributed by atoms with Gasteiger partial charge < -0.3 is 14.2 Å². The van der Waals surface area contributed by atoms with Gasteiger partial charge in [0.15, 0.2) is 11.5 Å². The summed E-state index contributed by atoms with van der Waals surface area (Å²) in [6.45, 7) is 28.1. The van der Waals surface area contributed by atoms with E-state index in [9.17, 15) is 0 Å². The molecule has 0 saturated carbocycles. The minimum atomic E-state index is -0.0224. The average Bonchev–Trinajstić information content (AvgIpc) is 3.62. The fourth-order valence-electron chi connectivity index (χ4n) is 12.0. The lowest BCUT2D eigenvalue weighted by atomic mass is 9.31. The standard InChI is InChI=1S/C64H61BN2O/c1-37-29-49-59(41-23-21-40(22-24-41)58-38(2)31-45(32-39(58)3)66-53-17-13-15-19-56(53)68-57-20-16-14-18-54(57)66)48-34-42(62(4,5)6)25-27-50(48)65-51-36-44(64(10,11)12)35-47-46-33-43(63(7,8)9)26-28-52(46)67(61(47)51)55(30-37)60(49)65/h13-36,59H,1-12H3. The predicted octanol–water partition coefficient (Wildman–Crippen LogP) is 15.2. The molecule has 4 heterocycles. The smallest absolute Gasteiger partial charge is 0.247 e. The van der Waals surface area contributed by atoms with Crippen LogP contribution in [0.5, 0.6) is 11.5 Å². The highest BCUT2D eigenvalue weighted by Gasteiger charge is 2.44. The van der Waals surface area contributed by atoms with Gasteiger partial charge in [-0.25, -0.2) is 0 Å². The van der Waals surface area contributed by atoms with E-state index in [4.69, 9.17) is 4.74 Å². The first-order valence-electron chi connectivity index (χ1n) is 24.6. The van der Waals surface area contributed by atoms with E-state index in [1.54, 1.807) is 0 Å². The molecule has 3 aliphatic rings. The van der Waals surface area contributed by atoms with Crippen molar-refractivity contribution in [3.63, 3.8) is 0 Å². The molecule has 0 amide bonds. The van der Waals surface area contributed by atoms with Gasteiger partial charge in [-0.05, 0) is 170 Å². The number of benzene rings is 8. The maximum atomic E-state index is 6.37. The van der Waals surface area contributed by atoms with E-state index in [1.165, 1.54) is 105 Å². The zero-order valence-corrected chi connectivity index (χ0v) is 41.8. The van der Waals surface area contributed by atoms with E-state index in [1.807, 2.05) is 12.1 Å². The summed E-state index contributed by atoms with van der Waals surface area (Å²) in [5.41, 5.74) is 26.1. The Morgan fingerprint density at radius 1 is 0.500 bits per heavy atom. The summed E-state index contributed by atoms with van der Waals surface area (Å²) in [6.07, 6.45) is 0. The van der Waals surface area contributed by atoms with Crippen molar-refractivity contribution >= 4 is 62.0 Å². The molecule has 1 unspecified atom stereocenters. The Morgan fingerprint density at radius 2 is 1.09 bits per heavy atom. The van der Waals surface area contributed by atoms with Gasteiger partial charge in [0.1, 0.15) is 0 Å². The van der Waals surface area contributed by atoms with Gasteiger partial charge >= 0.3 is 0 Å². The van der Waals surface area contributed by atoms with Gasteiger partial charge in [-0.2, -0.15) is 0 Å². The number of rotatable bonds is 3. The molecule has 1 atom stereocenters. The van der Waals surface area contributed by atoms with Crippen molar-refractivity contribution in [1.29, 1.82) is 0 Å². The van der Waals surface area contributed by atoms with E-state index in [0.717, 1.165) is 28.6 Å². The van der Waals surface area contributed by atoms with Gasteiger partial charge in [0, 0.05) is 33.6 Å². The second kappa shape index (κ2) is 14.6. The molecule has 0 bridgehead atoms. The van der Waals surface area contributed by atoms with E-state index < -0.39 is 0 Å². The molecule has 0 radical (unpaired) electrons. The van der Waals surface area contributed by atoms with E-state index >= 15 is 0 Å². The van der Waals surface area contributed by atoms with E-state index in [0.29, 0.717) is 0 Å². The molecule has 12 rings (SSSR count). The largest absolute Gasteiger partial charge is 0.453 e. The zero-order valence-electron chi connectivity index (χ0n) is 41.8. The molecule has 336 valence electrons. The number of anilines is 3. The Kier molecular flexibility index (Phi) is 9.15. The highest BCUT2D eigenvalue weighted by atomic mass is 16.5. The Hall–Kier alpha value is -6.78. The van der Waals surface area contributed by atoms with Gasteiger partial charge in [0.2, 0.25) is 6.71 Å². The minimum Gasteiger partial charge on any atom is -0.453 e. The topological polar surface area (TPSA) is 17.4 Å². The second-order valence-corrected chi connectivity index (χ2v) is 23.2. The molecule has 3 nitrogen and oxygen atoms in total. The van der Waals surface area contributed by atoms with Crippen LogP contribution in [0.4, 0.5) is 17.1 Å². The summed E-state index contributed by atoms with van der Waals surface area (Å²) in [5.74, 6) is 1.80. The average molecular weight is 885 g/mol. The van der Waals surface area contributed by atoms with Gasteiger partial charge in [0.05, 0.1) is 16.9 Å². The molecule has 0 fully saturated rings. The molecule has 8 aromatic carbocycles. The minimum absolute atomic E-state index is 0.00274. The van der Waals surface area contributed by atoms with Gasteiger partial charge in [-0.15, -0.1) is 0 Å². The molecule has 4 heteroatoms. The van der Waals surface area contributed by atoms with Crippen LogP contribution in [0.3, 0.4) is 0 Å². The summed E-state index contributed by atoms with van der Waals surface area (Å²) in [6, 6.07) is 55.8. The number of aromatic nitrogens is 1. The van der Waals surface area contributed by atoms with Crippen LogP contribution >= 0.6 is 0 Å². The maximum Gasteiger partial charge on any atom is 0.247 e. The quantitative estimate of drug-likeness (QED) is 0.165. The second-order valence-electron chi connectivity index (χ2n) is 23.2. The molecule has 1 aromatic heterocycles. The van der Waals surface area contributed by atoms with Crippen molar-refractivity contribution in [1.82, 2.24) is 4.57 Å². The number of para-hydroxylation sites is 4. The van der Waals surface area contributed by atoms with Crippen molar-refractivity contribution in [2.75, 3.05) is 4.90 Å². The number of aryl methyl sites for hydroxylation is 3. The number of fused-ring (bicyclic) bond motifs is 9. The first-order chi connectivity index (χ1) is 32.3. The Labute approximate surface area is 403 Å². The fourth-order valence-corrected chi connectivity index (χ4v) is 12.0. The van der Waals surface area contributed by atoms with Crippen LogP contribution in [-0.4, -0.2) is 11.3 Å². The van der Waals surface area contributed by atoms with Crippen molar-refractivity contribution < 1.29 is 4.74 Å². The van der Waals surface area contributed by atoms with Crippen LogP contribution < -0.4 is 26.0 Å². The molecule has 0 N–H and O–H groups in total. The Bertz CT molecular complexity index is 3520. The highest BCUT2D eigenvalue weighted by molar-refractivity contribution is 6.99. The van der Waals surface area contributed by atoms with Crippen LogP contribution in [0.25, 0.3) is 38.6 Å². The van der Waals surface area contributed by atoms with E-state index in [-0.39, 0.29) is 28.9 Å². The SMILES string of the molecule is Cc1cc2c3c(c1)-n1c4ccc(C(C)(C)C)cc4c4cc(C(C)(C)C)cc(c41)B3c1ccc(C(C)(C)C)cc1C2c1ccc(-c2c(C)cc(N3c4ccccc4Oc4ccccc43)cc2C)cc1. The first kappa shape index (κ1) is 42.6. The van der Waals surface area contributed by atoms with Crippen molar-refractivity contribution in [3.05, 3.63) is 196 Å². The van der Waals surface area contributed by atoms with Gasteiger partial charge in [-0.1, -0.05) is 153 Å². The van der Waals surface area contributed by atoms with Crippen LogP contribution in [0.1, 0.15) is 118 Å². The molecule has 0 aliphatic carbocycles. The monoisotopic (exact) mass is 884 g/mol. The molecular weight excluding hydrogens is 824 g/mol. The number of nitrogens with zero attached hydrogens (tertiary/aromatic N) is 2. The van der Waals surface area contributed by atoms with Crippen LogP contribution in [0, 0.1) is 20.8 Å². The summed E-state index contributed by atoms with van der Waals surface area (Å²) in [7, 11) is 0. The summed E-state index contributed by atoms with van der Waals surface area (Å²) in [5, 5.41) is 2.72. The fraction of sp³-hybridized carbons (Fsp3) is 0.250. The highest BCUT2D eigenvalue weighted by Crippen LogP contribution is 2.51. The normalized spacial score (nSPS) is 15.0. The molecule has 0 saturated heterocycles. The van der Waals surface area contributed by atoms with Crippen LogP contribution in [0.15, 0.2) is 146 Å². The number of hydrogen-bond donors (Lipinski definition) is 0. The molecule has 9 aromatic rings. The van der Waals surface area contributed by atoms with Gasteiger partial charge in [0.25, 0.3) is 0 Å². The van der Waals surface area contributed by atoms with Crippen molar-refractivity contribution in [2.24, 2.45) is 0 Å². The summed E-state index contributed by atoms with van der Waals surface area (Å²) < 4.78 is 9.01. The first-order valence-corrected chi connectivity index (χ1v) is 24.6. The number of hydrogen-bond acceptors (Lipinski definition) is 2. The Balaban J connectivity index is 1.04. The lowest BCUT2D eigenvalue weighted by Crippen LogP contribution is -2.61. The lowest BCUT2D eigenvalue weighted by Gasteiger charge is -2.39. The molecular formula is C64H61BN2O. The molecule has 68 heavy (non-hydrogen) atoms. The summed E-state index contributed by atoms with van der Waals surface area (Å²) >= 11 is 0. The predicted molar refractivity (Wildman–Crippen MR) is 290 cm³/mol. The molecule has 0 spiro atoms. The van der Waals surface area contributed by atoms with Crippen molar-refractivity contribution in [2.45, 2.75) is 105 Å². The van der Waals surface area contributed by atoms with Crippen molar-refractivity contribution in [3.8, 4) is 28.3 Å². The lowest BCUT2D eigenvalue weighted by molar-refractivity contribution is 0.477. The maximum absolute atomic E-state index is 6.37. The van der Waals surface area contributed by atoms with E-state index in [2.05, 4.69) is 226 Å². The van der Waals surface area contributed by atoms with Crippen LogP contribution in [-0.2, 0) is 16.2 Å². The number of ether oxygens (including phenoxy) is 1. The zero-order chi connectivity index (χ0) is 47.3. The third-order valence-corrected chi connectivity index (χ3v) is 15.4. The Morgan fingerprint density at radius 3 is 1.72 bits per heavy atom. The third kappa shape index (κ3) is 6.39. The molecule has 3 aliphatic heterocycles. The van der Waals surface area contributed by atoms with Crippen LogP contribution in [0.2, 0.25) is 0 Å².